The highest BCUT2D eigenvalue weighted by atomic mass is 79.9. The maximum Gasteiger partial charge on any atom is 0.266 e. The third kappa shape index (κ3) is 4.25. The highest BCUT2D eigenvalue weighted by Crippen LogP contribution is 2.25. The lowest BCUT2D eigenvalue weighted by Crippen LogP contribution is -2.22. The van der Waals surface area contributed by atoms with E-state index in [1.165, 1.54) is 0 Å². The van der Waals surface area contributed by atoms with Gasteiger partial charge in [0, 0.05) is 24.3 Å². The molecular weight excluding hydrogens is 454 g/mol. The van der Waals surface area contributed by atoms with Crippen LogP contribution in [0.2, 0.25) is 0 Å². The van der Waals surface area contributed by atoms with Crippen LogP contribution in [0.25, 0.3) is 28.7 Å². The molecule has 5 nitrogen and oxygen atoms in total. The number of para-hydroxylation sites is 2. The number of fused-ring (bicyclic) bond motifs is 1. The summed E-state index contributed by atoms with van der Waals surface area (Å²) in [5.41, 5.74) is 3.27. The topological polar surface area (TPSA) is 47.4 Å². The van der Waals surface area contributed by atoms with Crippen LogP contribution in [-0.2, 0) is 0 Å². The van der Waals surface area contributed by atoms with Gasteiger partial charge in [-0.15, -0.1) is 0 Å². The van der Waals surface area contributed by atoms with Gasteiger partial charge in [-0.3, -0.25) is 9.36 Å². The van der Waals surface area contributed by atoms with E-state index in [2.05, 4.69) is 33.0 Å². The standard InChI is InChI=1S/C25H22BrN3O2/c1-28(2)19-12-8-17(9-13-19)10-15-24-27-21-14-11-18(26)16-20(21)25(30)29(24)22-6-4-5-7-23(22)31-3/h4-16H,1-3H3/b15-10+. The van der Waals surface area contributed by atoms with E-state index < -0.39 is 0 Å². The normalized spacial score (nSPS) is 11.2. The molecule has 0 unspecified atom stereocenters. The largest absolute Gasteiger partial charge is 0.495 e. The summed E-state index contributed by atoms with van der Waals surface area (Å²) in [6, 6.07) is 21.1. The van der Waals surface area contributed by atoms with Crippen molar-refractivity contribution in [2.45, 2.75) is 0 Å². The second kappa shape index (κ2) is 8.78. The van der Waals surface area contributed by atoms with E-state index in [0.717, 1.165) is 15.7 Å². The first-order chi connectivity index (χ1) is 15.0. The summed E-state index contributed by atoms with van der Waals surface area (Å²) >= 11 is 3.45. The lowest BCUT2D eigenvalue weighted by atomic mass is 10.1. The molecule has 0 spiro atoms. The van der Waals surface area contributed by atoms with Gasteiger partial charge in [-0.1, -0.05) is 46.3 Å². The van der Waals surface area contributed by atoms with Crippen molar-refractivity contribution in [3.8, 4) is 11.4 Å². The van der Waals surface area contributed by atoms with Crippen LogP contribution in [0.4, 0.5) is 5.69 Å². The van der Waals surface area contributed by atoms with E-state index in [9.17, 15) is 4.79 Å². The molecule has 0 radical (unpaired) electrons. The molecule has 4 rings (SSSR count). The summed E-state index contributed by atoms with van der Waals surface area (Å²) in [6.07, 6.45) is 3.82. The second-order valence-corrected chi connectivity index (χ2v) is 8.18. The number of hydrogen-bond acceptors (Lipinski definition) is 4. The van der Waals surface area contributed by atoms with Gasteiger partial charge in [-0.05, 0) is 54.1 Å². The van der Waals surface area contributed by atoms with E-state index in [4.69, 9.17) is 9.72 Å². The van der Waals surface area contributed by atoms with Gasteiger partial charge in [-0.2, -0.15) is 0 Å². The Morgan fingerprint density at radius 3 is 2.45 bits per heavy atom. The van der Waals surface area contributed by atoms with Gasteiger partial charge in [0.1, 0.15) is 11.6 Å². The summed E-state index contributed by atoms with van der Waals surface area (Å²) < 4.78 is 7.94. The van der Waals surface area contributed by atoms with Crippen molar-refractivity contribution in [3.63, 3.8) is 0 Å². The summed E-state index contributed by atoms with van der Waals surface area (Å²) in [5, 5.41) is 0.535. The Balaban J connectivity index is 1.91. The molecule has 0 aliphatic carbocycles. The van der Waals surface area contributed by atoms with Gasteiger partial charge in [-0.25, -0.2) is 4.98 Å². The number of aromatic nitrogens is 2. The summed E-state index contributed by atoms with van der Waals surface area (Å²) in [5.74, 6) is 1.13. The number of anilines is 1. The van der Waals surface area contributed by atoms with E-state index in [0.29, 0.717) is 28.2 Å². The van der Waals surface area contributed by atoms with Crippen LogP contribution in [-0.4, -0.2) is 30.8 Å². The minimum atomic E-state index is -0.154. The third-order valence-corrected chi connectivity index (χ3v) is 5.51. The Kier molecular flexibility index (Phi) is 5.91. The van der Waals surface area contributed by atoms with Crippen molar-refractivity contribution in [1.82, 2.24) is 9.55 Å². The molecule has 0 N–H and O–H groups in total. The van der Waals surface area contributed by atoms with Gasteiger partial charge in [0.05, 0.1) is 23.7 Å². The molecule has 4 aromatic rings. The van der Waals surface area contributed by atoms with Gasteiger partial charge < -0.3 is 9.64 Å². The lowest BCUT2D eigenvalue weighted by molar-refractivity contribution is 0.412. The average molecular weight is 476 g/mol. The quantitative estimate of drug-likeness (QED) is 0.388. The first kappa shape index (κ1) is 20.9. The van der Waals surface area contributed by atoms with Crippen LogP contribution in [0.5, 0.6) is 5.75 Å². The van der Waals surface area contributed by atoms with E-state index in [-0.39, 0.29) is 5.56 Å². The Bertz CT molecular complexity index is 1330. The van der Waals surface area contributed by atoms with Crippen molar-refractivity contribution < 1.29 is 4.74 Å². The molecule has 3 aromatic carbocycles. The van der Waals surface area contributed by atoms with Crippen molar-refractivity contribution in [2.24, 2.45) is 0 Å². The van der Waals surface area contributed by atoms with Crippen molar-refractivity contribution in [1.29, 1.82) is 0 Å². The van der Waals surface area contributed by atoms with Crippen LogP contribution < -0.4 is 15.2 Å². The van der Waals surface area contributed by atoms with Gasteiger partial charge in [0.2, 0.25) is 0 Å². The highest BCUT2D eigenvalue weighted by molar-refractivity contribution is 9.10. The number of nitrogens with zero attached hydrogens (tertiary/aromatic N) is 3. The molecule has 31 heavy (non-hydrogen) atoms. The zero-order valence-electron chi connectivity index (χ0n) is 17.5. The predicted octanol–water partition coefficient (Wildman–Crippen LogP) is 5.39. The zero-order valence-corrected chi connectivity index (χ0v) is 19.1. The van der Waals surface area contributed by atoms with Crippen molar-refractivity contribution in [3.05, 3.63) is 92.9 Å². The van der Waals surface area contributed by atoms with E-state index in [1.807, 2.05) is 74.8 Å². The molecule has 1 heterocycles. The number of benzene rings is 3. The molecule has 0 amide bonds. The van der Waals surface area contributed by atoms with Crippen LogP contribution in [0.1, 0.15) is 11.4 Å². The molecular formula is C25H22BrN3O2. The fourth-order valence-electron chi connectivity index (χ4n) is 3.39. The molecule has 0 bridgehead atoms. The second-order valence-electron chi connectivity index (χ2n) is 7.26. The van der Waals surface area contributed by atoms with Crippen LogP contribution in [0.3, 0.4) is 0 Å². The molecule has 6 heteroatoms. The smallest absolute Gasteiger partial charge is 0.266 e. The molecule has 0 saturated heterocycles. The van der Waals surface area contributed by atoms with Crippen molar-refractivity contribution in [2.75, 3.05) is 26.1 Å². The maximum absolute atomic E-state index is 13.5. The third-order valence-electron chi connectivity index (χ3n) is 5.02. The summed E-state index contributed by atoms with van der Waals surface area (Å²) in [4.78, 5) is 20.3. The Morgan fingerprint density at radius 1 is 1.00 bits per heavy atom. The van der Waals surface area contributed by atoms with Crippen LogP contribution in [0.15, 0.2) is 76.0 Å². The minimum Gasteiger partial charge on any atom is -0.495 e. The first-order valence-corrected chi connectivity index (χ1v) is 10.6. The number of methoxy groups -OCH3 is 1. The highest BCUT2D eigenvalue weighted by Gasteiger charge is 2.14. The van der Waals surface area contributed by atoms with Crippen molar-refractivity contribution >= 4 is 44.7 Å². The number of halogens is 1. The summed E-state index contributed by atoms with van der Waals surface area (Å²) in [6.45, 7) is 0. The number of ether oxygens (including phenoxy) is 1. The van der Waals surface area contributed by atoms with Gasteiger partial charge in [0.15, 0.2) is 0 Å². The van der Waals surface area contributed by atoms with Gasteiger partial charge >= 0.3 is 0 Å². The fourth-order valence-corrected chi connectivity index (χ4v) is 3.75. The zero-order chi connectivity index (χ0) is 22.0. The average Bonchev–Trinajstić information content (AvgIpc) is 2.78. The minimum absolute atomic E-state index is 0.154. The van der Waals surface area contributed by atoms with Crippen LogP contribution in [0, 0.1) is 0 Å². The Morgan fingerprint density at radius 2 is 1.74 bits per heavy atom. The molecule has 156 valence electrons. The fraction of sp³-hybridized carbons (Fsp3) is 0.120. The molecule has 0 aliphatic heterocycles. The van der Waals surface area contributed by atoms with Gasteiger partial charge in [0.25, 0.3) is 5.56 Å². The van der Waals surface area contributed by atoms with Crippen LogP contribution >= 0.6 is 15.9 Å². The molecule has 0 aliphatic rings. The monoisotopic (exact) mass is 475 g/mol. The number of hydrogen-bond donors (Lipinski definition) is 0. The first-order valence-electron chi connectivity index (χ1n) is 9.79. The number of rotatable bonds is 5. The molecule has 1 aromatic heterocycles. The Labute approximate surface area is 189 Å². The molecule has 0 fully saturated rings. The summed E-state index contributed by atoms with van der Waals surface area (Å²) in [7, 11) is 5.61. The SMILES string of the molecule is COc1ccccc1-n1c(/C=C/c2ccc(N(C)C)cc2)nc2ccc(Br)cc2c1=O. The molecule has 0 atom stereocenters. The van der Waals surface area contributed by atoms with E-state index >= 15 is 0 Å². The predicted molar refractivity (Wildman–Crippen MR) is 131 cm³/mol. The molecule has 0 saturated carbocycles. The Hall–Kier alpha value is -3.38. The lowest BCUT2D eigenvalue weighted by Gasteiger charge is -2.14. The maximum atomic E-state index is 13.5. The van der Waals surface area contributed by atoms with E-state index in [1.54, 1.807) is 17.7 Å².